The first-order valence-corrected chi connectivity index (χ1v) is 13.0. The first kappa shape index (κ1) is 26.6. The van der Waals surface area contributed by atoms with E-state index in [9.17, 15) is 24.6 Å². The number of aromatic hydroxyl groups is 1. The monoisotopic (exact) mass is 597 g/mol. The lowest BCUT2D eigenvalue weighted by atomic mass is 10.0. The molecule has 0 unspecified atom stereocenters. The molecule has 0 spiro atoms. The van der Waals surface area contributed by atoms with Gasteiger partial charge >= 0.3 is 5.97 Å². The number of ether oxygens (including phenoxy) is 1. The van der Waals surface area contributed by atoms with Crippen LogP contribution in [-0.2, 0) is 16.0 Å². The van der Waals surface area contributed by atoms with Crippen molar-refractivity contribution in [2.75, 3.05) is 6.61 Å². The first-order valence-electron chi connectivity index (χ1n) is 11.0. The van der Waals surface area contributed by atoms with Gasteiger partial charge in [0.2, 0.25) is 0 Å². The zero-order valence-electron chi connectivity index (χ0n) is 19.2. The molecule has 0 aromatic heterocycles. The van der Waals surface area contributed by atoms with Gasteiger partial charge in [0.25, 0.3) is 5.91 Å². The van der Waals surface area contributed by atoms with Crippen molar-refractivity contribution in [3.05, 3.63) is 98.9 Å². The predicted molar refractivity (Wildman–Crippen MR) is 149 cm³/mol. The summed E-state index contributed by atoms with van der Waals surface area (Å²) < 4.78 is 6.57. The molecule has 2 N–H and O–H groups in total. The molecule has 1 saturated heterocycles. The SMILES string of the molecule is O=C(COc1ccc(/C=C2\SC(=S)N([C@@H](Cc3ccc(O)cc3)C(=O)O)C2=O)cc1)c1cccc(Br)c1. The van der Waals surface area contributed by atoms with Gasteiger partial charge in [0.15, 0.2) is 12.4 Å². The van der Waals surface area contributed by atoms with E-state index in [1.807, 2.05) is 6.07 Å². The molecule has 0 bridgehead atoms. The Labute approximate surface area is 230 Å². The van der Waals surface area contributed by atoms with Gasteiger partial charge in [0, 0.05) is 16.5 Å². The number of aliphatic carboxylic acids is 1. The molecule has 7 nitrogen and oxygen atoms in total. The second kappa shape index (κ2) is 11.7. The van der Waals surface area contributed by atoms with Crippen LogP contribution < -0.4 is 4.74 Å². The van der Waals surface area contributed by atoms with E-state index in [0.717, 1.165) is 21.1 Å². The fourth-order valence-corrected chi connectivity index (χ4v) is 5.35. The van der Waals surface area contributed by atoms with Crippen LogP contribution in [0.5, 0.6) is 11.5 Å². The third-order valence-electron chi connectivity index (χ3n) is 5.48. The molecular formula is C27H20BrNO6S2. The van der Waals surface area contributed by atoms with Crippen molar-refractivity contribution in [2.45, 2.75) is 12.5 Å². The van der Waals surface area contributed by atoms with Gasteiger partial charge in [-0.2, -0.15) is 0 Å². The second-order valence-electron chi connectivity index (χ2n) is 8.07. The number of phenolic OH excluding ortho intramolecular Hbond substituents is 1. The van der Waals surface area contributed by atoms with Gasteiger partial charge in [-0.05, 0) is 53.6 Å². The molecule has 4 rings (SSSR count). The number of rotatable bonds is 9. The Bertz CT molecular complexity index is 1390. The molecule has 10 heteroatoms. The van der Waals surface area contributed by atoms with Crippen LogP contribution in [0.25, 0.3) is 6.08 Å². The first-order chi connectivity index (χ1) is 17.7. The summed E-state index contributed by atoms with van der Waals surface area (Å²) in [7, 11) is 0. The van der Waals surface area contributed by atoms with Crippen molar-refractivity contribution in [1.29, 1.82) is 0 Å². The van der Waals surface area contributed by atoms with E-state index < -0.39 is 17.9 Å². The number of hydrogen-bond donors (Lipinski definition) is 2. The quantitative estimate of drug-likeness (QED) is 0.194. The summed E-state index contributed by atoms with van der Waals surface area (Å²) in [6.45, 7) is -0.119. The molecule has 37 heavy (non-hydrogen) atoms. The zero-order valence-corrected chi connectivity index (χ0v) is 22.4. The highest BCUT2D eigenvalue weighted by Crippen LogP contribution is 2.35. The highest BCUT2D eigenvalue weighted by atomic mass is 79.9. The molecule has 1 heterocycles. The van der Waals surface area contributed by atoms with Crippen LogP contribution in [0.4, 0.5) is 0 Å². The molecule has 1 amide bonds. The number of carboxylic acids is 1. The van der Waals surface area contributed by atoms with Gasteiger partial charge in [-0.3, -0.25) is 14.5 Å². The van der Waals surface area contributed by atoms with Gasteiger partial charge in [-0.25, -0.2) is 4.79 Å². The van der Waals surface area contributed by atoms with E-state index in [2.05, 4.69) is 15.9 Å². The van der Waals surface area contributed by atoms with Crippen LogP contribution in [0, 0.1) is 0 Å². The van der Waals surface area contributed by atoms with Gasteiger partial charge in [-0.1, -0.05) is 76.3 Å². The third kappa shape index (κ3) is 6.65. The van der Waals surface area contributed by atoms with Crippen LogP contribution in [0.1, 0.15) is 21.5 Å². The topological polar surface area (TPSA) is 104 Å². The maximum atomic E-state index is 13.1. The van der Waals surface area contributed by atoms with Crippen LogP contribution in [0.2, 0.25) is 0 Å². The van der Waals surface area contributed by atoms with E-state index >= 15 is 0 Å². The lowest BCUT2D eigenvalue weighted by Gasteiger charge is -2.23. The van der Waals surface area contributed by atoms with E-state index in [-0.39, 0.29) is 28.9 Å². The number of carbonyl (C=O) groups excluding carboxylic acids is 2. The molecule has 3 aromatic carbocycles. The molecule has 0 radical (unpaired) electrons. The van der Waals surface area contributed by atoms with Crippen LogP contribution in [0.3, 0.4) is 0 Å². The summed E-state index contributed by atoms with van der Waals surface area (Å²) >= 11 is 9.72. The van der Waals surface area contributed by atoms with Gasteiger partial charge in [-0.15, -0.1) is 0 Å². The molecule has 1 aliphatic rings. The number of thiocarbonyl (C=S) groups is 1. The number of Topliss-reactive ketones (excluding diaryl/α,β-unsaturated/α-hetero) is 1. The van der Waals surface area contributed by atoms with Crippen LogP contribution in [0.15, 0.2) is 82.2 Å². The Morgan fingerprint density at radius 3 is 2.43 bits per heavy atom. The number of carbonyl (C=O) groups is 3. The number of benzene rings is 3. The van der Waals surface area contributed by atoms with E-state index in [1.165, 1.54) is 12.1 Å². The van der Waals surface area contributed by atoms with Gasteiger partial charge < -0.3 is 14.9 Å². The van der Waals surface area contributed by atoms with Crippen molar-refractivity contribution in [2.24, 2.45) is 0 Å². The lowest BCUT2D eigenvalue weighted by Crippen LogP contribution is -2.45. The highest BCUT2D eigenvalue weighted by molar-refractivity contribution is 9.10. The summed E-state index contributed by atoms with van der Waals surface area (Å²) in [6, 6.07) is 18.8. The summed E-state index contributed by atoms with van der Waals surface area (Å²) in [4.78, 5) is 38.8. The average molecular weight is 598 g/mol. The number of amides is 1. The Kier molecular flexibility index (Phi) is 8.42. The van der Waals surface area contributed by atoms with Gasteiger partial charge in [0.05, 0.1) is 4.91 Å². The minimum Gasteiger partial charge on any atom is -0.508 e. The smallest absolute Gasteiger partial charge is 0.327 e. The minimum atomic E-state index is -1.18. The lowest BCUT2D eigenvalue weighted by molar-refractivity contribution is -0.145. The number of hydrogen-bond acceptors (Lipinski definition) is 7. The fraction of sp³-hybridized carbons (Fsp3) is 0.111. The summed E-state index contributed by atoms with van der Waals surface area (Å²) in [5.41, 5.74) is 1.88. The molecule has 0 aliphatic carbocycles. The van der Waals surface area contributed by atoms with E-state index in [1.54, 1.807) is 60.7 Å². The second-order valence-corrected chi connectivity index (χ2v) is 10.7. The fourth-order valence-electron chi connectivity index (χ4n) is 3.60. The maximum Gasteiger partial charge on any atom is 0.327 e. The van der Waals surface area contributed by atoms with Crippen molar-refractivity contribution in [3.63, 3.8) is 0 Å². The maximum absolute atomic E-state index is 13.1. The number of carboxylic acid groups (broad SMARTS) is 1. The molecule has 1 aliphatic heterocycles. The standard InChI is InChI=1S/C27H20BrNO6S2/c28-19-3-1-2-18(14-19)23(31)15-35-21-10-6-17(7-11-21)13-24-25(32)29(27(36)37-24)22(26(33)34)12-16-4-8-20(30)9-5-16/h1-11,13-14,22,30H,12,15H2,(H,33,34)/b24-13-/t22-/m0/s1. The normalized spacial score (nSPS) is 15.2. The van der Waals surface area contributed by atoms with E-state index in [4.69, 9.17) is 17.0 Å². The minimum absolute atomic E-state index is 0.0417. The van der Waals surface area contributed by atoms with Crippen LogP contribution >= 0.6 is 39.9 Å². The van der Waals surface area contributed by atoms with Crippen LogP contribution in [-0.4, -0.2) is 49.7 Å². The molecule has 1 fully saturated rings. The Morgan fingerprint density at radius 1 is 1.08 bits per heavy atom. The molecule has 188 valence electrons. The Balaban J connectivity index is 1.42. The van der Waals surface area contributed by atoms with Crippen molar-refractivity contribution in [3.8, 4) is 11.5 Å². The number of thioether (sulfide) groups is 1. The summed E-state index contributed by atoms with van der Waals surface area (Å²) in [5.74, 6) is -1.26. The zero-order chi connectivity index (χ0) is 26.5. The largest absolute Gasteiger partial charge is 0.508 e. The Hall–Kier alpha value is -3.47. The summed E-state index contributed by atoms with van der Waals surface area (Å²) in [5, 5.41) is 19.3. The molecule has 0 saturated carbocycles. The molecular weight excluding hydrogens is 578 g/mol. The van der Waals surface area contributed by atoms with Crippen molar-refractivity contribution in [1.82, 2.24) is 4.90 Å². The number of phenols is 1. The van der Waals surface area contributed by atoms with Crippen molar-refractivity contribution >= 4 is 68.0 Å². The predicted octanol–water partition coefficient (Wildman–Crippen LogP) is 5.31. The number of halogens is 1. The third-order valence-corrected chi connectivity index (χ3v) is 7.30. The van der Waals surface area contributed by atoms with Gasteiger partial charge in [0.1, 0.15) is 21.9 Å². The number of nitrogens with zero attached hydrogens (tertiary/aromatic N) is 1. The molecule has 1 atom stereocenters. The number of ketones is 1. The molecule has 3 aromatic rings. The Morgan fingerprint density at radius 2 is 1.78 bits per heavy atom. The van der Waals surface area contributed by atoms with Crippen molar-refractivity contribution < 1.29 is 29.3 Å². The highest BCUT2D eigenvalue weighted by Gasteiger charge is 2.40. The summed E-state index contributed by atoms with van der Waals surface area (Å²) in [6.07, 6.45) is 1.68. The average Bonchev–Trinajstić information content (AvgIpc) is 3.15. The van der Waals surface area contributed by atoms with E-state index in [0.29, 0.717) is 27.3 Å².